The van der Waals surface area contributed by atoms with E-state index in [1.54, 1.807) is 0 Å². The number of ether oxygens (including phenoxy) is 2. The molecule has 1 amide bonds. The monoisotopic (exact) mass is 339 g/mol. The van der Waals surface area contributed by atoms with Crippen molar-refractivity contribution in [3.63, 3.8) is 0 Å². The standard InChI is InChI=1S/C20H21NO4/c1-14(22)25-13-21-20(23)10-11-24-12-19-17-8-4-2-6-15(17)16-7-3-5-9-18(16)19/h2-9,19H,10-13H2,1H3,(H,21,23). The highest BCUT2D eigenvalue weighted by atomic mass is 16.5. The van der Waals surface area contributed by atoms with Gasteiger partial charge in [-0.25, -0.2) is 0 Å². The number of rotatable bonds is 7. The molecule has 25 heavy (non-hydrogen) atoms. The topological polar surface area (TPSA) is 64.6 Å². The highest BCUT2D eigenvalue weighted by Gasteiger charge is 2.27. The zero-order valence-corrected chi connectivity index (χ0v) is 14.2. The average molecular weight is 339 g/mol. The maximum absolute atomic E-state index is 11.6. The van der Waals surface area contributed by atoms with Crippen molar-refractivity contribution in [3.8, 4) is 11.1 Å². The Kier molecular flexibility index (Phi) is 5.46. The summed E-state index contributed by atoms with van der Waals surface area (Å²) in [5.41, 5.74) is 5.04. The number of fused-ring (bicyclic) bond motifs is 3. The van der Waals surface area contributed by atoms with E-state index < -0.39 is 5.97 Å². The molecule has 5 nitrogen and oxygen atoms in total. The zero-order chi connectivity index (χ0) is 17.6. The number of esters is 1. The summed E-state index contributed by atoms with van der Waals surface area (Å²) < 4.78 is 10.4. The van der Waals surface area contributed by atoms with E-state index >= 15 is 0 Å². The van der Waals surface area contributed by atoms with Crippen molar-refractivity contribution in [1.82, 2.24) is 5.32 Å². The van der Waals surface area contributed by atoms with Crippen LogP contribution in [0.2, 0.25) is 0 Å². The van der Waals surface area contributed by atoms with Gasteiger partial charge in [0, 0.05) is 12.8 Å². The Morgan fingerprint density at radius 1 is 1.00 bits per heavy atom. The van der Waals surface area contributed by atoms with Crippen molar-refractivity contribution < 1.29 is 19.1 Å². The molecular weight excluding hydrogens is 318 g/mol. The third kappa shape index (κ3) is 4.06. The molecule has 0 saturated carbocycles. The van der Waals surface area contributed by atoms with Gasteiger partial charge >= 0.3 is 5.97 Å². The lowest BCUT2D eigenvalue weighted by Gasteiger charge is -2.14. The van der Waals surface area contributed by atoms with E-state index in [9.17, 15) is 9.59 Å². The number of nitrogens with one attached hydrogen (secondary N) is 1. The van der Waals surface area contributed by atoms with Crippen molar-refractivity contribution >= 4 is 11.9 Å². The molecule has 0 atom stereocenters. The van der Waals surface area contributed by atoms with E-state index in [1.165, 1.54) is 29.2 Å². The number of carbonyl (C=O) groups is 2. The highest BCUT2D eigenvalue weighted by molar-refractivity contribution is 5.79. The molecule has 0 spiro atoms. The minimum absolute atomic E-state index is 0.0997. The van der Waals surface area contributed by atoms with Crippen molar-refractivity contribution in [3.05, 3.63) is 59.7 Å². The lowest BCUT2D eigenvalue weighted by Crippen LogP contribution is -2.28. The second-order valence-corrected chi connectivity index (χ2v) is 5.93. The van der Waals surface area contributed by atoms with Gasteiger partial charge in [-0.3, -0.25) is 9.59 Å². The predicted molar refractivity (Wildman–Crippen MR) is 93.9 cm³/mol. The Labute approximate surface area is 147 Å². The van der Waals surface area contributed by atoms with Gasteiger partial charge in [-0.05, 0) is 22.3 Å². The second kappa shape index (κ2) is 7.94. The summed E-state index contributed by atoms with van der Waals surface area (Å²) in [7, 11) is 0. The van der Waals surface area contributed by atoms with Crippen LogP contribution in [-0.2, 0) is 19.1 Å². The summed E-state index contributed by atoms with van der Waals surface area (Å²) in [4.78, 5) is 22.3. The van der Waals surface area contributed by atoms with Crippen LogP contribution < -0.4 is 5.32 Å². The van der Waals surface area contributed by atoms with Gasteiger partial charge in [0.2, 0.25) is 5.91 Å². The van der Waals surface area contributed by atoms with Crippen LogP contribution in [0.15, 0.2) is 48.5 Å². The Balaban J connectivity index is 1.52. The quantitative estimate of drug-likeness (QED) is 0.479. The summed E-state index contributed by atoms with van der Waals surface area (Å²) in [5.74, 6) is -0.430. The van der Waals surface area contributed by atoms with Crippen LogP contribution >= 0.6 is 0 Å². The summed E-state index contributed by atoms with van der Waals surface area (Å²) >= 11 is 0. The van der Waals surface area contributed by atoms with E-state index in [4.69, 9.17) is 4.74 Å². The Hall–Kier alpha value is -2.66. The molecule has 130 valence electrons. The first kappa shape index (κ1) is 17.2. The molecule has 0 aromatic heterocycles. The molecule has 2 aromatic carbocycles. The molecule has 5 heteroatoms. The Morgan fingerprint density at radius 2 is 1.60 bits per heavy atom. The molecule has 0 fully saturated rings. The average Bonchev–Trinajstić information content (AvgIpc) is 2.93. The first-order chi connectivity index (χ1) is 12.2. The normalized spacial score (nSPS) is 12.4. The maximum atomic E-state index is 11.6. The molecule has 1 N–H and O–H groups in total. The minimum atomic E-state index is -0.421. The zero-order valence-electron chi connectivity index (χ0n) is 14.2. The van der Waals surface area contributed by atoms with Gasteiger partial charge in [0.05, 0.1) is 19.6 Å². The number of carbonyl (C=O) groups excluding carboxylic acids is 2. The SMILES string of the molecule is CC(=O)OCNC(=O)CCOCC1c2ccccc2-c2ccccc21. The van der Waals surface area contributed by atoms with Gasteiger partial charge in [-0.1, -0.05) is 48.5 Å². The molecular formula is C20H21NO4. The van der Waals surface area contributed by atoms with Crippen molar-refractivity contribution in [1.29, 1.82) is 0 Å². The van der Waals surface area contributed by atoms with Gasteiger partial charge in [-0.2, -0.15) is 0 Å². The summed E-state index contributed by atoms with van der Waals surface area (Å²) in [5, 5.41) is 2.51. The van der Waals surface area contributed by atoms with E-state index in [2.05, 4.69) is 34.3 Å². The van der Waals surface area contributed by atoms with Crippen LogP contribution in [0, 0.1) is 0 Å². The Bertz CT molecular complexity index is 726. The summed E-state index contributed by atoms with van der Waals surface area (Å²) in [6, 6.07) is 16.7. The Morgan fingerprint density at radius 3 is 2.20 bits per heavy atom. The maximum Gasteiger partial charge on any atom is 0.304 e. The van der Waals surface area contributed by atoms with Gasteiger partial charge < -0.3 is 14.8 Å². The van der Waals surface area contributed by atoms with Crippen LogP contribution in [0.25, 0.3) is 11.1 Å². The molecule has 2 aromatic rings. The fourth-order valence-electron chi connectivity index (χ4n) is 3.11. The molecule has 0 heterocycles. The first-order valence-corrected chi connectivity index (χ1v) is 8.33. The smallest absolute Gasteiger partial charge is 0.304 e. The number of hydrogen-bond donors (Lipinski definition) is 1. The molecule has 0 bridgehead atoms. The van der Waals surface area contributed by atoms with Gasteiger partial charge in [-0.15, -0.1) is 0 Å². The number of benzene rings is 2. The van der Waals surface area contributed by atoms with Gasteiger partial charge in [0.25, 0.3) is 0 Å². The van der Waals surface area contributed by atoms with Crippen molar-refractivity contribution in [2.24, 2.45) is 0 Å². The van der Waals surface area contributed by atoms with Crippen LogP contribution in [0.4, 0.5) is 0 Å². The van der Waals surface area contributed by atoms with Gasteiger partial charge in [0.15, 0.2) is 6.73 Å². The van der Waals surface area contributed by atoms with Gasteiger partial charge in [0.1, 0.15) is 0 Å². The predicted octanol–water partition coefficient (Wildman–Crippen LogP) is 2.84. The van der Waals surface area contributed by atoms with Crippen LogP contribution in [0.5, 0.6) is 0 Å². The highest BCUT2D eigenvalue weighted by Crippen LogP contribution is 2.44. The molecule has 0 saturated heterocycles. The molecule has 0 aliphatic heterocycles. The lowest BCUT2D eigenvalue weighted by atomic mass is 9.98. The second-order valence-electron chi connectivity index (χ2n) is 5.93. The summed E-state index contributed by atoms with van der Waals surface area (Å²) in [6.07, 6.45) is 0.233. The van der Waals surface area contributed by atoms with E-state index in [1.807, 2.05) is 24.3 Å². The molecule has 0 unspecified atom stereocenters. The van der Waals surface area contributed by atoms with Crippen LogP contribution in [0.3, 0.4) is 0 Å². The van der Waals surface area contributed by atoms with Crippen LogP contribution in [0.1, 0.15) is 30.4 Å². The van der Waals surface area contributed by atoms with E-state index in [0.29, 0.717) is 13.2 Å². The minimum Gasteiger partial charge on any atom is -0.445 e. The van der Waals surface area contributed by atoms with E-state index in [-0.39, 0.29) is 25.0 Å². The van der Waals surface area contributed by atoms with Crippen LogP contribution in [-0.4, -0.2) is 31.8 Å². The fraction of sp³-hybridized carbons (Fsp3) is 0.300. The third-order valence-corrected chi connectivity index (χ3v) is 4.27. The van der Waals surface area contributed by atoms with Crippen molar-refractivity contribution in [2.75, 3.05) is 19.9 Å². The lowest BCUT2D eigenvalue weighted by molar-refractivity contribution is -0.142. The fourth-order valence-corrected chi connectivity index (χ4v) is 3.11. The number of hydrogen-bond acceptors (Lipinski definition) is 4. The number of amides is 1. The molecule has 3 rings (SSSR count). The van der Waals surface area contributed by atoms with E-state index in [0.717, 1.165) is 0 Å². The molecule has 1 aliphatic rings. The largest absolute Gasteiger partial charge is 0.445 e. The third-order valence-electron chi connectivity index (χ3n) is 4.27. The molecule has 1 aliphatic carbocycles. The summed E-state index contributed by atoms with van der Waals surface area (Å²) in [6.45, 7) is 2.06. The van der Waals surface area contributed by atoms with Crippen molar-refractivity contribution in [2.45, 2.75) is 19.3 Å². The molecule has 0 radical (unpaired) electrons. The first-order valence-electron chi connectivity index (χ1n) is 8.33.